The van der Waals surface area contributed by atoms with Crippen molar-refractivity contribution in [3.63, 3.8) is 0 Å². The molecule has 0 aromatic carbocycles. The van der Waals surface area contributed by atoms with Gasteiger partial charge in [-0.25, -0.2) is 4.57 Å². The zero-order valence-electron chi connectivity index (χ0n) is 38.3. The third-order valence-corrected chi connectivity index (χ3v) is 13.4. The summed E-state index contributed by atoms with van der Waals surface area (Å²) in [5.41, 5.74) is 0. The minimum absolute atomic E-state index is 0.243. The van der Waals surface area contributed by atoms with Crippen LogP contribution in [0.2, 0.25) is 0 Å². The number of carbonyl (C=O) groups is 1. The Kier molecular flexibility index (Phi) is 36.0. The number of hydrogen-bond acceptors (Lipinski definition) is 10. The highest BCUT2D eigenvalue weighted by atomic mass is 31.2. The first kappa shape index (κ1) is 57.4. The fraction of sp³-hybridized carbons (Fsp3) is 0.979. The number of unbranched alkanes of at least 4 members (excludes halogenated alkanes) is 31. The van der Waals surface area contributed by atoms with E-state index < -0.39 is 63.2 Å². The van der Waals surface area contributed by atoms with Gasteiger partial charge in [-0.1, -0.05) is 219 Å². The Balaban J connectivity index is 2.34. The lowest BCUT2D eigenvalue weighted by Gasteiger charge is -2.41. The summed E-state index contributed by atoms with van der Waals surface area (Å²) in [6, 6.07) is -1.02. The molecular weight excluding hydrogens is 785 g/mol. The Morgan fingerprint density at radius 2 is 0.800 bits per heavy atom. The van der Waals surface area contributed by atoms with Crippen LogP contribution in [0.1, 0.15) is 239 Å². The predicted molar refractivity (Wildman–Crippen MR) is 242 cm³/mol. The largest absolute Gasteiger partial charge is 0.472 e. The molecule has 0 spiro atoms. The molecule has 6 unspecified atom stereocenters. The van der Waals surface area contributed by atoms with Crippen LogP contribution >= 0.6 is 7.82 Å². The Bertz CT molecular complexity index is 1030. The summed E-state index contributed by atoms with van der Waals surface area (Å²) in [6.07, 6.45) is 28.6. The van der Waals surface area contributed by atoms with E-state index >= 15 is 0 Å². The second-order valence-corrected chi connectivity index (χ2v) is 19.4. The van der Waals surface area contributed by atoms with Crippen LogP contribution in [-0.2, 0) is 18.4 Å². The van der Waals surface area contributed by atoms with Crippen LogP contribution in [0.25, 0.3) is 0 Å². The molecule has 9 atom stereocenters. The predicted octanol–water partition coefficient (Wildman–Crippen LogP) is 9.85. The smallest absolute Gasteiger partial charge is 0.391 e. The standard InChI is InChI=1S/C47H94NO11P/c1-3-5-7-9-11-13-15-16-17-18-19-20-21-22-23-24-25-27-29-31-33-35-37-41(50)48-39(40(49)36-34-32-30-28-26-14-12-10-8-6-4-2)38-58-60(56,57)59-47-45(54)43(52)42(51)44(53)46(47)55/h39-40,42-47,49,51-55H,3-38H2,1-2H3,(H,48,50)(H,56,57)/t39-,40+,42?,43+,44?,45?,46?,47?/m0/s1. The van der Waals surface area contributed by atoms with Crippen LogP contribution < -0.4 is 5.32 Å². The lowest BCUT2D eigenvalue weighted by Crippen LogP contribution is -2.64. The van der Waals surface area contributed by atoms with Crippen LogP contribution in [-0.4, -0.2) is 96.8 Å². The molecule has 1 fully saturated rings. The zero-order chi connectivity index (χ0) is 44.3. The van der Waals surface area contributed by atoms with Crippen molar-refractivity contribution >= 4 is 13.7 Å². The molecule has 0 heterocycles. The molecule has 1 aliphatic rings. The normalized spacial score (nSPS) is 22.8. The number of phosphoric acid groups is 1. The summed E-state index contributed by atoms with van der Waals surface area (Å²) in [5, 5.41) is 64.1. The number of rotatable bonds is 42. The number of amides is 1. The van der Waals surface area contributed by atoms with E-state index in [1.165, 1.54) is 161 Å². The van der Waals surface area contributed by atoms with Gasteiger partial charge in [0.2, 0.25) is 5.91 Å². The number of aliphatic hydroxyl groups excluding tert-OH is 6. The summed E-state index contributed by atoms with van der Waals surface area (Å²) >= 11 is 0. The fourth-order valence-electron chi connectivity index (χ4n) is 8.32. The van der Waals surface area contributed by atoms with Crippen molar-refractivity contribution in [2.75, 3.05) is 6.61 Å². The van der Waals surface area contributed by atoms with Crippen LogP contribution in [0.4, 0.5) is 0 Å². The second-order valence-electron chi connectivity index (χ2n) is 18.0. The molecule has 8 N–H and O–H groups in total. The van der Waals surface area contributed by atoms with Gasteiger partial charge in [-0.2, -0.15) is 0 Å². The molecular formula is C47H94NO11P. The molecule has 13 heteroatoms. The molecule has 0 aromatic rings. The topological polar surface area (TPSA) is 206 Å². The summed E-state index contributed by atoms with van der Waals surface area (Å²) in [7, 11) is -5.05. The van der Waals surface area contributed by atoms with E-state index in [-0.39, 0.29) is 12.3 Å². The molecule has 0 aliphatic heterocycles. The van der Waals surface area contributed by atoms with Crippen LogP contribution in [0, 0.1) is 0 Å². The van der Waals surface area contributed by atoms with E-state index in [9.17, 15) is 44.9 Å². The van der Waals surface area contributed by atoms with Crippen molar-refractivity contribution in [3.8, 4) is 0 Å². The van der Waals surface area contributed by atoms with E-state index in [1.54, 1.807) is 0 Å². The molecule has 0 saturated heterocycles. The van der Waals surface area contributed by atoms with Crippen molar-refractivity contribution in [2.45, 2.75) is 287 Å². The molecule has 1 saturated carbocycles. The molecule has 12 nitrogen and oxygen atoms in total. The van der Waals surface area contributed by atoms with Gasteiger partial charge in [-0.05, 0) is 12.8 Å². The van der Waals surface area contributed by atoms with Gasteiger partial charge >= 0.3 is 7.82 Å². The average molecular weight is 880 g/mol. The van der Waals surface area contributed by atoms with E-state index in [4.69, 9.17) is 9.05 Å². The molecule has 60 heavy (non-hydrogen) atoms. The van der Waals surface area contributed by atoms with Gasteiger partial charge in [0, 0.05) is 6.42 Å². The maximum absolute atomic E-state index is 13.0. The molecule has 1 aliphatic carbocycles. The van der Waals surface area contributed by atoms with Crippen LogP contribution in [0.15, 0.2) is 0 Å². The Hall–Kier alpha value is -0.660. The highest BCUT2D eigenvalue weighted by Gasteiger charge is 2.51. The molecule has 358 valence electrons. The molecule has 0 radical (unpaired) electrons. The molecule has 1 rings (SSSR count). The first-order valence-corrected chi connectivity index (χ1v) is 26.5. The quantitative estimate of drug-likeness (QED) is 0.0214. The number of carbonyl (C=O) groups excluding carboxylic acids is 1. The fourth-order valence-corrected chi connectivity index (χ4v) is 9.29. The van der Waals surface area contributed by atoms with Crippen molar-refractivity contribution in [1.82, 2.24) is 5.32 Å². The van der Waals surface area contributed by atoms with Gasteiger partial charge in [-0.3, -0.25) is 13.8 Å². The third-order valence-electron chi connectivity index (χ3n) is 12.4. The third kappa shape index (κ3) is 28.9. The first-order valence-electron chi connectivity index (χ1n) is 25.0. The van der Waals surface area contributed by atoms with Gasteiger partial charge in [0.15, 0.2) is 0 Å². The maximum Gasteiger partial charge on any atom is 0.472 e. The van der Waals surface area contributed by atoms with Crippen molar-refractivity contribution in [3.05, 3.63) is 0 Å². The monoisotopic (exact) mass is 880 g/mol. The van der Waals surface area contributed by atoms with Gasteiger partial charge in [0.1, 0.15) is 36.6 Å². The molecule has 0 aromatic heterocycles. The highest BCUT2D eigenvalue weighted by Crippen LogP contribution is 2.47. The van der Waals surface area contributed by atoms with Gasteiger partial charge in [0.25, 0.3) is 0 Å². The Morgan fingerprint density at radius 3 is 1.15 bits per heavy atom. The van der Waals surface area contributed by atoms with Crippen molar-refractivity contribution in [2.24, 2.45) is 0 Å². The van der Waals surface area contributed by atoms with E-state index in [0.717, 1.165) is 38.5 Å². The van der Waals surface area contributed by atoms with Gasteiger partial charge in [0.05, 0.1) is 18.8 Å². The lowest BCUT2D eigenvalue weighted by molar-refractivity contribution is -0.220. The van der Waals surface area contributed by atoms with Gasteiger partial charge in [-0.15, -0.1) is 0 Å². The maximum atomic E-state index is 13.0. The SMILES string of the molecule is CCCCCCCCCCCCCCCCCCCCCCCCC(=O)N[C@@H](COP(=O)(O)OC1C(O)C(O)C(O)[C@@H](O)C1O)[C@H](O)CCCCCCCCCCCCC. The first-order chi connectivity index (χ1) is 28.9. The Morgan fingerprint density at radius 1 is 0.500 bits per heavy atom. The summed E-state index contributed by atoms with van der Waals surface area (Å²) in [4.78, 5) is 23.4. The molecule has 1 amide bonds. The average Bonchev–Trinajstić information content (AvgIpc) is 3.23. The number of hydrogen-bond donors (Lipinski definition) is 8. The van der Waals surface area contributed by atoms with E-state index in [2.05, 4.69) is 19.2 Å². The lowest BCUT2D eigenvalue weighted by atomic mass is 9.85. The summed E-state index contributed by atoms with van der Waals surface area (Å²) in [5.74, 6) is -0.304. The number of nitrogens with one attached hydrogen (secondary N) is 1. The second kappa shape index (κ2) is 37.7. The number of phosphoric ester groups is 1. The molecule has 0 bridgehead atoms. The summed E-state index contributed by atoms with van der Waals surface area (Å²) < 4.78 is 23.0. The highest BCUT2D eigenvalue weighted by molar-refractivity contribution is 7.47. The minimum Gasteiger partial charge on any atom is -0.391 e. The minimum atomic E-state index is -5.05. The van der Waals surface area contributed by atoms with Crippen molar-refractivity contribution < 1.29 is 53.9 Å². The summed E-state index contributed by atoms with van der Waals surface area (Å²) in [6.45, 7) is 3.90. The van der Waals surface area contributed by atoms with Crippen molar-refractivity contribution in [1.29, 1.82) is 0 Å². The Labute approximate surface area is 366 Å². The zero-order valence-corrected chi connectivity index (χ0v) is 39.2. The van der Waals surface area contributed by atoms with Gasteiger partial charge < -0.3 is 40.8 Å². The van der Waals surface area contributed by atoms with E-state index in [1.807, 2.05) is 0 Å². The number of aliphatic hydroxyl groups is 6. The van der Waals surface area contributed by atoms with Crippen LogP contribution in [0.3, 0.4) is 0 Å². The van der Waals surface area contributed by atoms with E-state index in [0.29, 0.717) is 19.3 Å². The van der Waals surface area contributed by atoms with Crippen LogP contribution in [0.5, 0.6) is 0 Å².